The molecule has 0 unspecified atom stereocenters. The van der Waals surface area contributed by atoms with E-state index in [4.69, 9.17) is 11.6 Å². The van der Waals surface area contributed by atoms with Gasteiger partial charge < -0.3 is 0 Å². The Labute approximate surface area is 90.7 Å². The SMILES string of the molecule is CCCCl.CCC[B]CCCCC. The summed E-state index contributed by atoms with van der Waals surface area (Å²) in [6.07, 6.45) is 9.19. The number of rotatable bonds is 7. The average Bonchev–Trinajstić information content (AvgIpc) is 2.18. The minimum absolute atomic E-state index is 0.792. The maximum Gasteiger partial charge on any atom is 0.109 e. The summed E-state index contributed by atoms with van der Waals surface area (Å²) in [6, 6.07) is 0. The Kier molecular flexibility index (Phi) is 22.1. The second-order valence-corrected chi connectivity index (χ2v) is 3.64. The highest BCUT2D eigenvalue weighted by Crippen LogP contribution is 2.00. The smallest absolute Gasteiger partial charge is 0.109 e. The van der Waals surface area contributed by atoms with Gasteiger partial charge in [0.25, 0.3) is 0 Å². The van der Waals surface area contributed by atoms with Gasteiger partial charge in [-0.05, 0) is 6.42 Å². The van der Waals surface area contributed by atoms with Crippen LogP contribution in [0.1, 0.15) is 52.9 Å². The molecule has 0 rings (SSSR count). The molecule has 0 atom stereocenters. The third kappa shape index (κ3) is 24.5. The van der Waals surface area contributed by atoms with Crippen LogP contribution in [0.25, 0.3) is 0 Å². The molecule has 0 amide bonds. The van der Waals surface area contributed by atoms with Crippen LogP contribution in [0.4, 0.5) is 0 Å². The van der Waals surface area contributed by atoms with Crippen molar-refractivity contribution in [2.24, 2.45) is 0 Å². The van der Waals surface area contributed by atoms with Gasteiger partial charge in [-0.1, -0.05) is 59.1 Å². The molecule has 0 aromatic carbocycles. The molecule has 0 aromatic heterocycles. The topological polar surface area (TPSA) is 0 Å². The Hall–Kier alpha value is 0.355. The molecule has 13 heavy (non-hydrogen) atoms. The van der Waals surface area contributed by atoms with Crippen molar-refractivity contribution in [2.45, 2.75) is 65.5 Å². The average molecular weight is 204 g/mol. The fourth-order valence-corrected chi connectivity index (χ4v) is 0.887. The molecule has 1 radical (unpaired) electrons. The summed E-state index contributed by atoms with van der Waals surface area (Å²) in [5, 5.41) is 0. The molecule has 0 aromatic rings. The second kappa shape index (κ2) is 18.2. The summed E-state index contributed by atoms with van der Waals surface area (Å²) in [5.74, 6) is 0.792. The third-order valence-corrected chi connectivity index (χ3v) is 2.07. The Bertz CT molecular complexity index is 59.1. The van der Waals surface area contributed by atoms with Crippen LogP contribution in [-0.4, -0.2) is 13.2 Å². The van der Waals surface area contributed by atoms with Crippen LogP contribution in [0.2, 0.25) is 12.6 Å². The van der Waals surface area contributed by atoms with Gasteiger partial charge >= 0.3 is 0 Å². The van der Waals surface area contributed by atoms with Gasteiger partial charge in [0, 0.05) is 5.88 Å². The zero-order valence-corrected chi connectivity index (χ0v) is 10.4. The normalized spacial score (nSPS) is 8.92. The summed E-state index contributed by atoms with van der Waals surface area (Å²) < 4.78 is 0. The van der Waals surface area contributed by atoms with E-state index in [1.165, 1.54) is 38.3 Å². The summed E-state index contributed by atoms with van der Waals surface area (Å²) in [5.41, 5.74) is 0. The monoisotopic (exact) mass is 203 g/mol. The molecule has 0 saturated heterocycles. The van der Waals surface area contributed by atoms with Crippen molar-refractivity contribution in [1.29, 1.82) is 0 Å². The molecule has 0 aliphatic heterocycles. The minimum atomic E-state index is 0.792. The molecule has 0 heterocycles. The third-order valence-electron chi connectivity index (χ3n) is 1.69. The van der Waals surface area contributed by atoms with Crippen LogP contribution in [-0.2, 0) is 0 Å². The highest BCUT2D eigenvalue weighted by Gasteiger charge is 1.87. The Morgan fingerprint density at radius 3 is 1.85 bits per heavy atom. The van der Waals surface area contributed by atoms with E-state index in [-0.39, 0.29) is 0 Å². The summed E-state index contributed by atoms with van der Waals surface area (Å²) in [4.78, 5) is 0. The van der Waals surface area contributed by atoms with Gasteiger partial charge in [-0.25, -0.2) is 0 Å². The van der Waals surface area contributed by atoms with Gasteiger partial charge in [0.1, 0.15) is 7.28 Å². The van der Waals surface area contributed by atoms with E-state index in [2.05, 4.69) is 21.1 Å². The van der Waals surface area contributed by atoms with Crippen molar-refractivity contribution < 1.29 is 0 Å². The largest absolute Gasteiger partial charge is 0.127 e. The van der Waals surface area contributed by atoms with E-state index in [1.54, 1.807) is 0 Å². The van der Waals surface area contributed by atoms with Crippen molar-refractivity contribution >= 4 is 18.9 Å². The van der Waals surface area contributed by atoms with Crippen molar-refractivity contribution in [3.05, 3.63) is 0 Å². The van der Waals surface area contributed by atoms with E-state index in [0.29, 0.717) is 0 Å². The lowest BCUT2D eigenvalue weighted by Crippen LogP contribution is -1.86. The van der Waals surface area contributed by atoms with Crippen LogP contribution in [0.3, 0.4) is 0 Å². The van der Waals surface area contributed by atoms with Gasteiger partial charge in [-0.15, -0.1) is 11.6 Å². The highest BCUT2D eigenvalue weighted by atomic mass is 35.5. The lowest BCUT2D eigenvalue weighted by Gasteiger charge is -1.94. The van der Waals surface area contributed by atoms with Gasteiger partial charge in [0.2, 0.25) is 0 Å². The first-order valence-corrected chi connectivity index (χ1v) is 6.24. The molecular formula is C11H25BCl. The van der Waals surface area contributed by atoms with Crippen molar-refractivity contribution in [2.75, 3.05) is 5.88 Å². The van der Waals surface area contributed by atoms with E-state index >= 15 is 0 Å². The van der Waals surface area contributed by atoms with Crippen molar-refractivity contribution in [1.82, 2.24) is 0 Å². The molecule has 2 heteroatoms. The Balaban J connectivity index is 0. The minimum Gasteiger partial charge on any atom is -0.127 e. The predicted octanol–water partition coefficient (Wildman–Crippen LogP) is 4.76. The van der Waals surface area contributed by atoms with E-state index in [0.717, 1.165) is 12.3 Å². The molecule has 0 N–H and O–H groups in total. The molecule has 0 aliphatic carbocycles. The van der Waals surface area contributed by atoms with Crippen LogP contribution in [0, 0.1) is 0 Å². The second-order valence-electron chi connectivity index (χ2n) is 3.26. The molecule has 0 fully saturated rings. The number of halogens is 1. The van der Waals surface area contributed by atoms with Gasteiger partial charge in [-0.3, -0.25) is 0 Å². The van der Waals surface area contributed by atoms with E-state index < -0.39 is 0 Å². The zero-order valence-electron chi connectivity index (χ0n) is 9.61. The fraction of sp³-hybridized carbons (Fsp3) is 1.00. The molecular weight excluding hydrogens is 178 g/mol. The van der Waals surface area contributed by atoms with Crippen molar-refractivity contribution in [3.63, 3.8) is 0 Å². The summed E-state index contributed by atoms with van der Waals surface area (Å²) in [6.45, 7) is 6.53. The molecule has 0 spiro atoms. The van der Waals surface area contributed by atoms with E-state index in [1.807, 2.05) is 6.92 Å². The number of unbranched alkanes of at least 4 members (excludes halogenated alkanes) is 2. The van der Waals surface area contributed by atoms with E-state index in [9.17, 15) is 0 Å². The first-order valence-electron chi connectivity index (χ1n) is 5.71. The lowest BCUT2D eigenvalue weighted by atomic mass is 9.69. The number of hydrogen-bond donors (Lipinski definition) is 0. The van der Waals surface area contributed by atoms with Crippen LogP contribution < -0.4 is 0 Å². The first-order chi connectivity index (χ1) is 6.33. The lowest BCUT2D eigenvalue weighted by molar-refractivity contribution is 0.767. The molecule has 0 nitrogen and oxygen atoms in total. The zero-order chi connectivity index (χ0) is 10.4. The van der Waals surface area contributed by atoms with Gasteiger partial charge in [-0.2, -0.15) is 0 Å². The molecule has 0 aliphatic rings. The fourth-order valence-electron chi connectivity index (χ4n) is 0.887. The molecule has 0 saturated carbocycles. The molecule has 79 valence electrons. The molecule has 0 bridgehead atoms. The number of hydrogen-bond acceptors (Lipinski definition) is 0. The summed E-state index contributed by atoms with van der Waals surface area (Å²) >= 11 is 5.19. The highest BCUT2D eigenvalue weighted by molar-refractivity contribution is 6.35. The van der Waals surface area contributed by atoms with Crippen LogP contribution in [0.15, 0.2) is 0 Å². The standard InChI is InChI=1S/C8H18B.C3H7Cl/c1-3-5-6-8-9-7-4-2;1-2-3-4/h3-8H2,1-2H3;2-3H2,1H3. The van der Waals surface area contributed by atoms with Crippen LogP contribution >= 0.6 is 11.6 Å². The Morgan fingerprint density at radius 1 is 0.846 bits per heavy atom. The van der Waals surface area contributed by atoms with Gasteiger partial charge in [0.15, 0.2) is 0 Å². The predicted molar refractivity (Wildman–Crippen MR) is 66.2 cm³/mol. The maximum atomic E-state index is 5.19. The summed E-state index contributed by atoms with van der Waals surface area (Å²) in [7, 11) is 2.41. The quantitative estimate of drug-likeness (QED) is 0.318. The van der Waals surface area contributed by atoms with Crippen LogP contribution in [0.5, 0.6) is 0 Å². The first kappa shape index (κ1) is 15.8. The Morgan fingerprint density at radius 2 is 1.46 bits per heavy atom. The number of alkyl halides is 1. The van der Waals surface area contributed by atoms with Crippen molar-refractivity contribution in [3.8, 4) is 0 Å². The maximum absolute atomic E-state index is 5.19. The van der Waals surface area contributed by atoms with Gasteiger partial charge in [0.05, 0.1) is 0 Å².